The Kier molecular flexibility index (Phi) is 4.69. The summed E-state index contributed by atoms with van der Waals surface area (Å²) < 4.78 is 38.9. The highest BCUT2D eigenvalue weighted by atomic mass is 32.2. The number of methoxy groups -OCH3 is 2. The molecule has 0 aliphatic heterocycles. The summed E-state index contributed by atoms with van der Waals surface area (Å²) in [5.41, 5.74) is 0.431. The Morgan fingerprint density at radius 2 is 1.92 bits per heavy atom. The molecule has 0 spiro atoms. The van der Waals surface area contributed by atoms with Crippen LogP contribution < -0.4 is 14.2 Å². The van der Waals surface area contributed by atoms with Crippen LogP contribution in [0.5, 0.6) is 11.5 Å². The number of hydrogen-bond acceptors (Lipinski definition) is 6. The molecule has 10 heteroatoms. The second-order valence-electron chi connectivity index (χ2n) is 4.91. The van der Waals surface area contributed by atoms with Gasteiger partial charge in [0.05, 0.1) is 19.1 Å². The van der Waals surface area contributed by atoms with E-state index < -0.39 is 16.0 Å². The zero-order valence-electron chi connectivity index (χ0n) is 13.5. The van der Waals surface area contributed by atoms with Crippen molar-refractivity contribution in [3.63, 3.8) is 0 Å². The SMILES string of the molecule is COc1cc(S(=O)(=O)Nc2cc(C)n(C)n2)cc(C(=O)O)c1OC. The molecule has 0 unspecified atom stereocenters. The third kappa shape index (κ3) is 3.27. The van der Waals surface area contributed by atoms with Crippen LogP contribution >= 0.6 is 0 Å². The van der Waals surface area contributed by atoms with Crippen LogP contribution in [0.15, 0.2) is 23.1 Å². The van der Waals surface area contributed by atoms with Crippen LogP contribution in [0, 0.1) is 6.92 Å². The fourth-order valence-corrected chi connectivity index (χ4v) is 3.09. The minimum absolute atomic E-state index is 0.00465. The second kappa shape index (κ2) is 6.40. The molecular formula is C14H17N3O6S. The zero-order valence-corrected chi connectivity index (χ0v) is 14.3. The van der Waals surface area contributed by atoms with Crippen molar-refractivity contribution in [3.05, 3.63) is 29.5 Å². The van der Waals surface area contributed by atoms with Crippen molar-refractivity contribution < 1.29 is 27.8 Å². The number of hydrogen-bond donors (Lipinski definition) is 2. The number of carboxylic acids is 1. The molecule has 2 rings (SSSR count). The quantitative estimate of drug-likeness (QED) is 0.800. The van der Waals surface area contributed by atoms with Crippen molar-refractivity contribution >= 4 is 21.8 Å². The molecule has 0 bridgehead atoms. The van der Waals surface area contributed by atoms with Crippen molar-refractivity contribution in [2.45, 2.75) is 11.8 Å². The number of aromatic carboxylic acids is 1. The van der Waals surface area contributed by atoms with Gasteiger partial charge in [0.25, 0.3) is 10.0 Å². The summed E-state index contributed by atoms with van der Waals surface area (Å²) in [5, 5.41) is 13.3. The number of sulfonamides is 1. The van der Waals surface area contributed by atoms with E-state index in [1.807, 2.05) is 0 Å². The number of ether oxygens (including phenoxy) is 2. The van der Waals surface area contributed by atoms with Crippen LogP contribution in [0.3, 0.4) is 0 Å². The van der Waals surface area contributed by atoms with Crippen molar-refractivity contribution in [2.24, 2.45) is 7.05 Å². The maximum atomic E-state index is 12.5. The third-order valence-corrected chi connectivity index (χ3v) is 4.68. The van der Waals surface area contributed by atoms with Crippen molar-refractivity contribution in [3.8, 4) is 11.5 Å². The summed E-state index contributed by atoms with van der Waals surface area (Å²) in [6.45, 7) is 1.77. The van der Waals surface area contributed by atoms with Gasteiger partial charge in [-0.25, -0.2) is 13.2 Å². The molecule has 0 fully saturated rings. The van der Waals surface area contributed by atoms with Gasteiger partial charge >= 0.3 is 5.97 Å². The van der Waals surface area contributed by atoms with E-state index in [0.717, 1.165) is 11.8 Å². The number of nitrogens with zero attached hydrogens (tertiary/aromatic N) is 2. The molecule has 24 heavy (non-hydrogen) atoms. The van der Waals surface area contributed by atoms with Gasteiger partial charge in [-0.2, -0.15) is 5.10 Å². The highest BCUT2D eigenvalue weighted by Gasteiger charge is 2.24. The van der Waals surface area contributed by atoms with E-state index in [0.29, 0.717) is 0 Å². The standard InChI is InChI=1S/C14H17N3O6S/c1-8-5-12(15-17(8)2)16-24(20,21)9-6-10(14(18)19)13(23-4)11(7-9)22-3/h5-7H,1-4H3,(H,15,16)(H,18,19). The van der Waals surface area contributed by atoms with E-state index >= 15 is 0 Å². The van der Waals surface area contributed by atoms with Crippen molar-refractivity contribution in [2.75, 3.05) is 18.9 Å². The molecule has 1 aromatic carbocycles. The summed E-state index contributed by atoms with van der Waals surface area (Å²) in [6.07, 6.45) is 0. The monoisotopic (exact) mass is 355 g/mol. The van der Waals surface area contributed by atoms with E-state index in [1.54, 1.807) is 20.0 Å². The number of aryl methyl sites for hydroxylation is 2. The number of carboxylic acid groups (broad SMARTS) is 1. The Hall–Kier alpha value is -2.75. The van der Waals surface area contributed by atoms with Gasteiger partial charge in [0.2, 0.25) is 0 Å². The van der Waals surface area contributed by atoms with Crippen LogP contribution in [0.4, 0.5) is 5.82 Å². The first-order chi connectivity index (χ1) is 11.2. The van der Waals surface area contributed by atoms with Gasteiger partial charge in [0.1, 0.15) is 5.56 Å². The van der Waals surface area contributed by atoms with Crippen LogP contribution in [-0.4, -0.2) is 43.5 Å². The predicted octanol–water partition coefficient (Wildman–Crippen LogP) is 1.24. The Morgan fingerprint density at radius 3 is 2.38 bits per heavy atom. The second-order valence-corrected chi connectivity index (χ2v) is 6.59. The Labute approximate surface area is 138 Å². The van der Waals surface area contributed by atoms with E-state index in [-0.39, 0.29) is 27.8 Å². The lowest BCUT2D eigenvalue weighted by molar-refractivity contribution is 0.0692. The van der Waals surface area contributed by atoms with Gasteiger partial charge in [0.15, 0.2) is 17.3 Å². The average Bonchev–Trinajstić information content (AvgIpc) is 2.82. The van der Waals surface area contributed by atoms with Crippen LogP contribution in [0.25, 0.3) is 0 Å². The summed E-state index contributed by atoms with van der Waals surface area (Å²) in [6, 6.07) is 3.74. The first-order valence-corrected chi connectivity index (χ1v) is 8.20. The highest BCUT2D eigenvalue weighted by Crippen LogP contribution is 2.34. The zero-order chi connectivity index (χ0) is 18.1. The molecule has 2 N–H and O–H groups in total. The molecule has 2 aromatic rings. The first-order valence-electron chi connectivity index (χ1n) is 6.72. The molecule has 9 nitrogen and oxygen atoms in total. The van der Waals surface area contributed by atoms with Crippen molar-refractivity contribution in [1.29, 1.82) is 0 Å². The lowest BCUT2D eigenvalue weighted by atomic mass is 10.2. The summed E-state index contributed by atoms with van der Waals surface area (Å²) in [7, 11) is 0.176. The third-order valence-electron chi connectivity index (χ3n) is 3.35. The minimum atomic E-state index is -4.06. The minimum Gasteiger partial charge on any atom is -0.493 e. The molecule has 130 valence electrons. The summed E-state index contributed by atoms with van der Waals surface area (Å²) in [4.78, 5) is 11.1. The van der Waals surface area contributed by atoms with Crippen molar-refractivity contribution in [1.82, 2.24) is 9.78 Å². The maximum Gasteiger partial charge on any atom is 0.339 e. The van der Waals surface area contributed by atoms with Gasteiger partial charge in [-0.15, -0.1) is 0 Å². The van der Waals surface area contributed by atoms with E-state index in [9.17, 15) is 18.3 Å². The molecular weight excluding hydrogens is 338 g/mol. The largest absolute Gasteiger partial charge is 0.493 e. The van der Waals surface area contributed by atoms with E-state index in [1.165, 1.54) is 25.0 Å². The number of rotatable bonds is 6. The fourth-order valence-electron chi connectivity index (χ4n) is 2.06. The molecule has 0 saturated heterocycles. The predicted molar refractivity (Wildman–Crippen MR) is 85.3 cm³/mol. The molecule has 0 aliphatic rings. The lowest BCUT2D eigenvalue weighted by Crippen LogP contribution is -2.15. The number of carbonyl (C=O) groups is 1. The van der Waals surface area contributed by atoms with Gasteiger partial charge in [-0.1, -0.05) is 0 Å². The maximum absolute atomic E-state index is 12.5. The molecule has 1 heterocycles. The van der Waals surface area contributed by atoms with Crippen LogP contribution in [-0.2, 0) is 17.1 Å². The lowest BCUT2D eigenvalue weighted by Gasteiger charge is -2.13. The van der Waals surface area contributed by atoms with Crippen LogP contribution in [0.2, 0.25) is 0 Å². The van der Waals surface area contributed by atoms with Gasteiger partial charge in [-0.3, -0.25) is 9.40 Å². The molecule has 0 atom stereocenters. The van der Waals surface area contributed by atoms with E-state index in [2.05, 4.69) is 9.82 Å². The highest BCUT2D eigenvalue weighted by molar-refractivity contribution is 7.92. The summed E-state index contributed by atoms with van der Waals surface area (Å²) >= 11 is 0. The number of nitrogens with one attached hydrogen (secondary N) is 1. The Bertz CT molecular complexity index is 869. The molecule has 0 radical (unpaired) electrons. The molecule has 0 aliphatic carbocycles. The Morgan fingerprint density at radius 1 is 1.25 bits per heavy atom. The first kappa shape index (κ1) is 17.6. The number of anilines is 1. The van der Waals surface area contributed by atoms with Gasteiger partial charge in [0, 0.05) is 24.9 Å². The Balaban J connectivity index is 2.53. The molecule has 0 amide bonds. The van der Waals surface area contributed by atoms with Crippen LogP contribution in [0.1, 0.15) is 16.1 Å². The topological polar surface area (TPSA) is 120 Å². The van der Waals surface area contributed by atoms with Gasteiger partial charge in [-0.05, 0) is 13.0 Å². The fraction of sp³-hybridized carbons (Fsp3) is 0.286. The van der Waals surface area contributed by atoms with Gasteiger partial charge < -0.3 is 14.6 Å². The smallest absolute Gasteiger partial charge is 0.339 e. The number of benzene rings is 1. The van der Waals surface area contributed by atoms with E-state index in [4.69, 9.17) is 9.47 Å². The molecule has 0 saturated carbocycles. The summed E-state index contributed by atoms with van der Waals surface area (Å²) in [5.74, 6) is -1.27. The average molecular weight is 355 g/mol. The normalized spacial score (nSPS) is 11.2. The molecule has 1 aromatic heterocycles. The number of aromatic nitrogens is 2.